The van der Waals surface area contributed by atoms with Crippen LogP contribution in [0.3, 0.4) is 0 Å². The molecular weight excluding hydrogens is 366 g/mol. The highest BCUT2D eigenvalue weighted by Crippen LogP contribution is 2.21. The molecule has 1 aromatic carbocycles. The van der Waals surface area contributed by atoms with Crippen molar-refractivity contribution in [1.29, 1.82) is 0 Å². The van der Waals surface area contributed by atoms with Crippen molar-refractivity contribution in [2.24, 2.45) is 5.10 Å². The number of rotatable bonds is 5. The minimum atomic E-state index is -0.495. The van der Waals surface area contributed by atoms with Gasteiger partial charge in [-0.3, -0.25) is 14.6 Å². The van der Waals surface area contributed by atoms with Crippen LogP contribution in [0, 0.1) is 0 Å². The molecule has 0 radical (unpaired) electrons. The van der Waals surface area contributed by atoms with Gasteiger partial charge in [0.1, 0.15) is 0 Å². The van der Waals surface area contributed by atoms with Crippen LogP contribution in [0.15, 0.2) is 66.2 Å². The van der Waals surface area contributed by atoms with E-state index in [9.17, 15) is 9.59 Å². The summed E-state index contributed by atoms with van der Waals surface area (Å²) in [6.45, 7) is 1.76. The van der Waals surface area contributed by atoms with E-state index in [-0.39, 0.29) is 11.5 Å². The molecule has 2 amide bonds. The zero-order valence-corrected chi connectivity index (χ0v) is 15.1. The summed E-state index contributed by atoms with van der Waals surface area (Å²) < 4.78 is 0. The maximum atomic E-state index is 12.6. The second kappa shape index (κ2) is 8.29. The minimum Gasteiger partial charge on any atom is -0.360 e. The van der Waals surface area contributed by atoms with Gasteiger partial charge in [-0.15, -0.1) is 0 Å². The maximum Gasteiger partial charge on any atom is 0.273 e. The Morgan fingerprint density at radius 1 is 1.15 bits per heavy atom. The SMILES string of the molecule is CC(=NNC(=O)c1cc(Cl)ccc1NC(=O)c1cccnc1)c1ccc[nH]1. The van der Waals surface area contributed by atoms with Gasteiger partial charge in [-0.1, -0.05) is 11.6 Å². The third-order valence-corrected chi connectivity index (χ3v) is 3.95. The summed E-state index contributed by atoms with van der Waals surface area (Å²) in [6, 6.07) is 11.6. The van der Waals surface area contributed by atoms with E-state index in [0.717, 1.165) is 5.69 Å². The number of carbonyl (C=O) groups excluding carboxylic acids is 2. The lowest BCUT2D eigenvalue weighted by Gasteiger charge is -2.11. The Hall–Kier alpha value is -3.45. The molecule has 7 nitrogen and oxygen atoms in total. The van der Waals surface area contributed by atoms with Crippen LogP contribution in [0.1, 0.15) is 33.3 Å². The lowest BCUT2D eigenvalue weighted by atomic mass is 10.1. The number of hydrazone groups is 1. The molecule has 3 rings (SSSR count). The summed E-state index contributed by atoms with van der Waals surface area (Å²) in [5, 5.41) is 7.13. The number of H-pyrrole nitrogens is 1. The molecule has 3 N–H and O–H groups in total. The van der Waals surface area contributed by atoms with E-state index in [0.29, 0.717) is 22.0 Å². The van der Waals surface area contributed by atoms with Crippen molar-refractivity contribution in [2.45, 2.75) is 6.92 Å². The highest BCUT2D eigenvalue weighted by Gasteiger charge is 2.15. The zero-order chi connectivity index (χ0) is 19.2. The molecule has 0 unspecified atom stereocenters. The third kappa shape index (κ3) is 4.59. The molecule has 0 spiro atoms. The fraction of sp³-hybridized carbons (Fsp3) is 0.0526. The van der Waals surface area contributed by atoms with E-state index in [4.69, 9.17) is 11.6 Å². The van der Waals surface area contributed by atoms with Crippen LogP contribution in [0.25, 0.3) is 0 Å². The van der Waals surface area contributed by atoms with Gasteiger partial charge in [0.15, 0.2) is 0 Å². The number of aromatic nitrogens is 2. The summed E-state index contributed by atoms with van der Waals surface area (Å²) in [6.07, 6.45) is 4.77. The monoisotopic (exact) mass is 381 g/mol. The normalized spacial score (nSPS) is 11.1. The smallest absolute Gasteiger partial charge is 0.273 e. The summed E-state index contributed by atoms with van der Waals surface area (Å²) in [7, 11) is 0. The fourth-order valence-corrected chi connectivity index (χ4v) is 2.49. The first-order chi connectivity index (χ1) is 13.0. The minimum absolute atomic E-state index is 0.197. The average molecular weight is 382 g/mol. The van der Waals surface area contributed by atoms with Crippen molar-refractivity contribution >= 4 is 34.8 Å². The molecule has 0 aliphatic heterocycles. The van der Waals surface area contributed by atoms with Gasteiger partial charge in [0, 0.05) is 23.6 Å². The first kappa shape index (κ1) is 18.3. The molecule has 3 aromatic rings. The van der Waals surface area contributed by atoms with E-state index >= 15 is 0 Å². The number of nitrogens with zero attached hydrogens (tertiary/aromatic N) is 2. The van der Waals surface area contributed by atoms with Crippen LogP contribution in [-0.2, 0) is 0 Å². The van der Waals surface area contributed by atoms with Gasteiger partial charge in [-0.05, 0) is 49.4 Å². The lowest BCUT2D eigenvalue weighted by Crippen LogP contribution is -2.22. The molecule has 2 aromatic heterocycles. The standard InChI is InChI=1S/C19H16ClN5O2/c1-12(16-5-3-9-22-16)24-25-19(27)15-10-14(20)6-7-17(15)23-18(26)13-4-2-8-21-11-13/h2-11,22H,1H3,(H,23,26)(H,25,27). The maximum absolute atomic E-state index is 12.6. The Labute approximate surface area is 160 Å². The Kier molecular flexibility index (Phi) is 5.63. The van der Waals surface area contributed by atoms with Crippen molar-refractivity contribution in [2.75, 3.05) is 5.32 Å². The molecule has 0 saturated heterocycles. The van der Waals surface area contributed by atoms with Crippen molar-refractivity contribution < 1.29 is 9.59 Å². The first-order valence-electron chi connectivity index (χ1n) is 8.04. The molecule has 8 heteroatoms. The van der Waals surface area contributed by atoms with Gasteiger partial charge < -0.3 is 10.3 Å². The van der Waals surface area contributed by atoms with Crippen LogP contribution >= 0.6 is 11.6 Å². The van der Waals surface area contributed by atoms with E-state index in [1.807, 2.05) is 12.1 Å². The quantitative estimate of drug-likeness (QED) is 0.466. The van der Waals surface area contributed by atoms with Gasteiger partial charge in [0.05, 0.1) is 28.2 Å². The molecule has 136 valence electrons. The van der Waals surface area contributed by atoms with E-state index in [2.05, 4.69) is 25.8 Å². The Balaban J connectivity index is 1.80. The molecular formula is C19H16ClN5O2. The second-order valence-electron chi connectivity index (χ2n) is 5.61. The number of benzene rings is 1. The van der Waals surface area contributed by atoms with Crippen molar-refractivity contribution in [3.8, 4) is 0 Å². The van der Waals surface area contributed by atoms with E-state index in [1.165, 1.54) is 12.3 Å². The zero-order valence-electron chi connectivity index (χ0n) is 14.4. The number of hydrogen-bond donors (Lipinski definition) is 3. The topological polar surface area (TPSA) is 99.2 Å². The second-order valence-corrected chi connectivity index (χ2v) is 6.04. The largest absolute Gasteiger partial charge is 0.360 e. The predicted octanol–water partition coefficient (Wildman–Crippen LogP) is 3.47. The average Bonchev–Trinajstić information content (AvgIpc) is 3.22. The Morgan fingerprint density at radius 2 is 2.00 bits per heavy atom. The van der Waals surface area contributed by atoms with Crippen LogP contribution < -0.4 is 10.7 Å². The van der Waals surface area contributed by atoms with Crippen LogP contribution in [0.5, 0.6) is 0 Å². The molecule has 0 aliphatic carbocycles. The fourth-order valence-electron chi connectivity index (χ4n) is 2.32. The molecule has 0 fully saturated rings. The summed E-state index contributed by atoms with van der Waals surface area (Å²) >= 11 is 6.01. The molecule has 0 aliphatic rings. The van der Waals surface area contributed by atoms with Crippen molar-refractivity contribution in [3.63, 3.8) is 0 Å². The van der Waals surface area contributed by atoms with Crippen LogP contribution in [0.4, 0.5) is 5.69 Å². The van der Waals surface area contributed by atoms with Gasteiger partial charge in [-0.2, -0.15) is 5.10 Å². The Bertz CT molecular complexity index is 985. The highest BCUT2D eigenvalue weighted by atomic mass is 35.5. The molecule has 27 heavy (non-hydrogen) atoms. The van der Waals surface area contributed by atoms with E-state index in [1.54, 1.807) is 43.6 Å². The van der Waals surface area contributed by atoms with Gasteiger partial charge in [-0.25, -0.2) is 5.43 Å². The van der Waals surface area contributed by atoms with Crippen LogP contribution in [-0.4, -0.2) is 27.5 Å². The van der Waals surface area contributed by atoms with E-state index < -0.39 is 5.91 Å². The lowest BCUT2D eigenvalue weighted by molar-refractivity contribution is 0.0955. The number of nitrogens with one attached hydrogen (secondary N) is 3. The van der Waals surface area contributed by atoms with Crippen molar-refractivity contribution in [3.05, 3.63) is 82.9 Å². The highest BCUT2D eigenvalue weighted by molar-refractivity contribution is 6.31. The number of halogens is 1. The molecule has 0 saturated carbocycles. The molecule has 2 heterocycles. The Morgan fingerprint density at radius 3 is 2.70 bits per heavy atom. The van der Waals surface area contributed by atoms with Gasteiger partial charge in [0.2, 0.25) is 0 Å². The van der Waals surface area contributed by atoms with Gasteiger partial charge in [0.25, 0.3) is 11.8 Å². The van der Waals surface area contributed by atoms with Gasteiger partial charge >= 0.3 is 0 Å². The van der Waals surface area contributed by atoms with Crippen molar-refractivity contribution in [1.82, 2.24) is 15.4 Å². The third-order valence-electron chi connectivity index (χ3n) is 3.71. The number of hydrogen-bond acceptors (Lipinski definition) is 4. The summed E-state index contributed by atoms with van der Waals surface area (Å²) in [4.78, 5) is 31.8. The summed E-state index contributed by atoms with van der Waals surface area (Å²) in [5.41, 5.74) is 4.76. The number of amides is 2. The number of anilines is 1. The number of aromatic amines is 1. The summed E-state index contributed by atoms with van der Waals surface area (Å²) in [5.74, 6) is -0.879. The number of pyridine rings is 1. The number of carbonyl (C=O) groups is 2. The van der Waals surface area contributed by atoms with Crippen LogP contribution in [0.2, 0.25) is 5.02 Å². The first-order valence-corrected chi connectivity index (χ1v) is 8.41. The predicted molar refractivity (Wildman–Crippen MR) is 104 cm³/mol. The molecule has 0 bridgehead atoms. The molecule has 0 atom stereocenters.